The lowest BCUT2D eigenvalue weighted by Gasteiger charge is -2.47. The van der Waals surface area contributed by atoms with Gasteiger partial charge in [-0.05, 0) is 123 Å². The minimum Gasteiger partial charge on any atom is -0.490 e. The lowest BCUT2D eigenvalue weighted by atomic mass is 9.64. The Morgan fingerprint density at radius 3 is 2.50 bits per heavy atom. The summed E-state index contributed by atoms with van der Waals surface area (Å²) in [5.74, 6) is -0.681. The highest BCUT2D eigenvalue weighted by Crippen LogP contribution is 2.48. The normalized spacial score (nSPS) is 28.3. The molecule has 2 aromatic carbocycles. The number of allylic oxidation sites excluding steroid dienone is 1. The minimum atomic E-state index is -4.00. The van der Waals surface area contributed by atoms with E-state index in [4.69, 9.17) is 27.2 Å². The summed E-state index contributed by atoms with van der Waals surface area (Å²) >= 11 is 9.71. The molecule has 0 saturated heterocycles. The van der Waals surface area contributed by atoms with Gasteiger partial charge in [0, 0.05) is 59.3 Å². The first-order valence-electron chi connectivity index (χ1n) is 18.8. The third kappa shape index (κ3) is 10.6. The van der Waals surface area contributed by atoms with E-state index in [1.165, 1.54) is 22.8 Å². The molecule has 1 spiro atoms. The number of carbonyl (C=O) groups excluding carboxylic acids is 2. The number of halogens is 3. The molecule has 306 valence electrons. The van der Waals surface area contributed by atoms with Gasteiger partial charge in [-0.2, -0.15) is 0 Å². The number of hydrogen-bond acceptors (Lipinski definition) is 10. The molecule has 56 heavy (non-hydrogen) atoms. The first-order valence-corrected chi connectivity index (χ1v) is 21.8. The molecular formula is C41H53Br2ClN4O7S. The van der Waals surface area contributed by atoms with Crippen LogP contribution in [0.5, 0.6) is 5.75 Å². The second-order valence-electron chi connectivity index (χ2n) is 15.0. The molecule has 4 aliphatic rings. The van der Waals surface area contributed by atoms with Crippen molar-refractivity contribution in [1.29, 1.82) is 0 Å². The van der Waals surface area contributed by atoms with Gasteiger partial charge in [0.15, 0.2) is 6.29 Å². The average Bonchev–Trinajstić information content (AvgIpc) is 3.32. The Balaban J connectivity index is 0.000000462. The maximum atomic E-state index is 13.3. The molecule has 0 radical (unpaired) electrons. The molecule has 1 saturated carbocycles. The predicted octanol–water partition coefficient (Wildman–Crippen LogP) is 6.31. The molecule has 1 aromatic heterocycles. The fraction of sp³-hybridized carbons (Fsp3) is 0.488. The Morgan fingerprint density at radius 2 is 1.88 bits per heavy atom. The largest absolute Gasteiger partial charge is 0.490 e. The number of anilines is 1. The number of ether oxygens (including phenoxy) is 1. The lowest BCUT2D eigenvalue weighted by Crippen LogP contribution is -2.53. The van der Waals surface area contributed by atoms with E-state index in [-0.39, 0.29) is 52.3 Å². The van der Waals surface area contributed by atoms with Gasteiger partial charge in [0.1, 0.15) is 11.4 Å². The Labute approximate surface area is 354 Å². The van der Waals surface area contributed by atoms with Crippen molar-refractivity contribution >= 4 is 72.4 Å². The maximum absolute atomic E-state index is 13.3. The van der Waals surface area contributed by atoms with E-state index in [9.17, 15) is 23.1 Å². The zero-order valence-electron chi connectivity index (χ0n) is 31.8. The number of pyridine rings is 1. The number of aliphatic hydroxyl groups is 2. The van der Waals surface area contributed by atoms with Crippen molar-refractivity contribution in [3.05, 3.63) is 100 Å². The Kier molecular flexibility index (Phi) is 16.6. The number of carbonyl (C=O) groups is 2. The molecule has 2 bridgehead atoms. The number of benzene rings is 2. The number of aromatic nitrogens is 1. The number of nitrogens with zero attached hydrogens (tertiary/aromatic N) is 2. The Morgan fingerprint density at radius 1 is 1.14 bits per heavy atom. The summed E-state index contributed by atoms with van der Waals surface area (Å²) in [5.41, 5.74) is 7.40. The van der Waals surface area contributed by atoms with Gasteiger partial charge < -0.3 is 25.6 Å². The van der Waals surface area contributed by atoms with Crippen molar-refractivity contribution in [2.75, 3.05) is 37.7 Å². The van der Waals surface area contributed by atoms with Crippen molar-refractivity contribution in [3.8, 4) is 5.75 Å². The van der Waals surface area contributed by atoms with E-state index >= 15 is 0 Å². The molecule has 15 heteroatoms. The summed E-state index contributed by atoms with van der Waals surface area (Å²) in [6.45, 7) is 5.40. The molecule has 3 aromatic rings. The second kappa shape index (κ2) is 20.2. The van der Waals surface area contributed by atoms with E-state index in [2.05, 4.69) is 36.6 Å². The number of rotatable bonds is 3. The van der Waals surface area contributed by atoms with Gasteiger partial charge in [-0.25, -0.2) is 13.1 Å². The number of alkyl halides is 1. The molecule has 6 atom stereocenters. The van der Waals surface area contributed by atoms with E-state index in [0.717, 1.165) is 31.0 Å². The second-order valence-corrected chi connectivity index (χ2v) is 18.1. The van der Waals surface area contributed by atoms with Crippen molar-refractivity contribution in [3.63, 3.8) is 0 Å². The van der Waals surface area contributed by atoms with Crippen molar-refractivity contribution in [2.24, 2.45) is 23.5 Å². The number of aryl methyl sites for hydroxylation is 1. The average molecular weight is 941 g/mol. The first kappa shape index (κ1) is 45.8. The topological polar surface area (TPSA) is 172 Å². The molecule has 3 heterocycles. The fourth-order valence-electron chi connectivity index (χ4n) is 7.91. The molecule has 1 fully saturated rings. The number of hydrogen-bond donors (Lipinski definition) is 4. The standard InChI is InChI=1S/C33H39ClN2O6S.C6H6BrN.C2H7NO.BrH/c1-21-5-3-14-33(39,19-37)28-10-7-25(28)17-36-18-32(13-4-6-23-15-26(34)9-11-27(23)32)20-42-30-12-8-24(16-29(30)36)31(38)35-43(40,41)22(21)2;7-5-6-1-3-8-4-2-6;3-1-2-4;/h3,8-9,11-12,14-16,19,21-22,25,28,39H,4-7,10,13,17-18,20H2,1-2H3,(H,35,38);1-4H,5H2;4H,1-3H2;1H/b14-3+;;;/t21-,22+,25-,28+,32-,33-;;;/m0.../s1. The van der Waals surface area contributed by atoms with Gasteiger partial charge in [0.25, 0.3) is 5.91 Å². The molecule has 2 aliphatic heterocycles. The molecule has 5 N–H and O–H groups in total. The smallest absolute Gasteiger partial charge is 0.264 e. The minimum absolute atomic E-state index is 0. The van der Waals surface area contributed by atoms with Crippen LogP contribution in [0.25, 0.3) is 0 Å². The molecule has 2 aliphatic carbocycles. The van der Waals surface area contributed by atoms with Crippen LogP contribution < -0.4 is 20.1 Å². The summed E-state index contributed by atoms with van der Waals surface area (Å²) in [4.78, 5) is 31.8. The van der Waals surface area contributed by atoms with Crippen molar-refractivity contribution < 1.29 is 33.0 Å². The number of amides is 1. The molecule has 1 amide bonds. The van der Waals surface area contributed by atoms with Crippen molar-refractivity contribution in [2.45, 2.75) is 74.0 Å². The third-order valence-corrected chi connectivity index (χ3v) is 14.2. The Bertz CT molecular complexity index is 1940. The maximum Gasteiger partial charge on any atom is 0.264 e. The van der Waals surface area contributed by atoms with Crippen molar-refractivity contribution in [1.82, 2.24) is 9.71 Å². The van der Waals surface area contributed by atoms with Crippen LogP contribution in [-0.4, -0.2) is 79.5 Å². The summed E-state index contributed by atoms with van der Waals surface area (Å²) in [5, 5.41) is 20.0. The van der Waals surface area contributed by atoms with Crippen LogP contribution in [0.1, 0.15) is 73.0 Å². The Hall–Kier alpha value is -2.85. The molecule has 11 nitrogen and oxygen atoms in total. The van der Waals surface area contributed by atoms with Crippen LogP contribution in [0.3, 0.4) is 0 Å². The quantitative estimate of drug-likeness (QED) is 0.133. The van der Waals surface area contributed by atoms with Gasteiger partial charge in [-0.15, -0.1) is 17.0 Å². The van der Waals surface area contributed by atoms with Crippen LogP contribution in [-0.2, 0) is 32.0 Å². The number of aldehydes is 1. The van der Waals surface area contributed by atoms with Gasteiger partial charge in [0.2, 0.25) is 10.0 Å². The number of fused-ring (bicyclic) bond motifs is 4. The fourth-order valence-corrected chi connectivity index (χ4v) is 9.76. The number of sulfonamides is 1. The summed E-state index contributed by atoms with van der Waals surface area (Å²) < 4.78 is 35.2. The van der Waals surface area contributed by atoms with Crippen LogP contribution in [0.4, 0.5) is 5.69 Å². The van der Waals surface area contributed by atoms with Gasteiger partial charge >= 0.3 is 0 Å². The third-order valence-electron chi connectivity index (χ3n) is 11.4. The molecule has 0 unspecified atom stereocenters. The summed E-state index contributed by atoms with van der Waals surface area (Å²) in [7, 11) is -4.00. The number of nitrogens with one attached hydrogen (secondary N) is 1. The lowest BCUT2D eigenvalue weighted by molar-refractivity contribution is -0.130. The summed E-state index contributed by atoms with van der Waals surface area (Å²) in [6.07, 6.45) is 12.1. The van der Waals surface area contributed by atoms with Crippen LogP contribution in [0, 0.1) is 17.8 Å². The summed E-state index contributed by atoms with van der Waals surface area (Å²) in [6, 6.07) is 15.1. The number of nitrogens with two attached hydrogens (primary N) is 1. The monoisotopic (exact) mass is 938 g/mol. The highest BCUT2D eigenvalue weighted by molar-refractivity contribution is 9.08. The highest BCUT2D eigenvalue weighted by atomic mass is 79.9. The van der Waals surface area contributed by atoms with Crippen LogP contribution in [0.2, 0.25) is 5.02 Å². The SMILES string of the molecule is Br.BrCc1ccncc1.C[C@@H]1[C@@H](C)C/C=C/[C@](O)(C=O)[C@@H]2CC[C@H]2CN2C[C@@]3(CCCc4cc(Cl)ccc43)COc3ccc(cc32)C(=O)NS1(=O)=O.NCCO. The predicted molar refractivity (Wildman–Crippen MR) is 230 cm³/mol. The van der Waals surface area contributed by atoms with Gasteiger partial charge in [0.05, 0.1) is 24.2 Å². The van der Waals surface area contributed by atoms with E-state index in [1.54, 1.807) is 50.5 Å². The highest BCUT2D eigenvalue weighted by Gasteiger charge is 2.48. The van der Waals surface area contributed by atoms with Crippen LogP contribution >= 0.6 is 44.5 Å². The zero-order chi connectivity index (χ0) is 39.8. The van der Waals surface area contributed by atoms with E-state index in [1.807, 2.05) is 24.3 Å². The van der Waals surface area contributed by atoms with Gasteiger partial charge in [-0.1, -0.05) is 46.6 Å². The van der Waals surface area contributed by atoms with E-state index < -0.39 is 26.8 Å². The van der Waals surface area contributed by atoms with E-state index in [0.29, 0.717) is 61.8 Å². The first-order chi connectivity index (χ1) is 26.3. The van der Waals surface area contributed by atoms with Crippen LogP contribution in [0.15, 0.2) is 73.1 Å². The molecule has 7 rings (SSSR count). The molecular weight excluding hydrogens is 888 g/mol. The zero-order valence-corrected chi connectivity index (χ0v) is 36.7. The number of aliphatic hydroxyl groups excluding tert-OH is 1. The van der Waals surface area contributed by atoms with Gasteiger partial charge in [-0.3, -0.25) is 14.6 Å².